The smallest absolute Gasteiger partial charge is 0.472 e. The maximum atomic E-state index is 12.7. The topological polar surface area (TPSA) is 172 Å². The summed E-state index contributed by atoms with van der Waals surface area (Å²) >= 11 is 0. The number of rotatable bonds is 42. The van der Waals surface area contributed by atoms with Crippen molar-refractivity contribution in [1.29, 1.82) is 0 Å². The van der Waals surface area contributed by atoms with Crippen molar-refractivity contribution in [1.82, 2.24) is 0 Å². The molecule has 0 fully saturated rings. The quantitative estimate of drug-likeness (QED) is 0.0231. The van der Waals surface area contributed by atoms with Gasteiger partial charge in [0.2, 0.25) is 0 Å². The zero-order valence-corrected chi connectivity index (χ0v) is 37.7. The van der Waals surface area contributed by atoms with E-state index in [2.05, 4.69) is 79.1 Å². The van der Waals surface area contributed by atoms with Crippen LogP contribution < -0.4 is 5.73 Å². The number of carboxylic acid groups (broad SMARTS) is 1. The standard InChI is InChI=1S/C47H82NO10P/c1-3-5-7-9-11-13-15-17-19-20-21-22-23-24-25-27-29-31-33-35-37-39-46(50)58-43(41-56-59(53,54)57-42-44(48)47(51)52)40-55-45(49)38-36-34-32-30-28-26-18-16-14-12-10-8-6-4-2/h5,7,11,13,16-19,21-22,43-44H,3-4,6,8-10,12,14-15,20,23-42,48H2,1-2H3,(H,51,52)(H,53,54)/b7-5-,13-11-,18-16-,19-17-,22-21-. The minimum Gasteiger partial charge on any atom is -0.480 e. The number of esters is 2. The van der Waals surface area contributed by atoms with Gasteiger partial charge in [-0.05, 0) is 77.0 Å². The zero-order valence-electron chi connectivity index (χ0n) is 36.8. The summed E-state index contributed by atoms with van der Waals surface area (Å²) in [5.74, 6) is -2.40. The highest BCUT2D eigenvalue weighted by Gasteiger charge is 2.28. The van der Waals surface area contributed by atoms with Crippen LogP contribution in [-0.4, -0.2) is 59.9 Å². The van der Waals surface area contributed by atoms with Gasteiger partial charge in [0.1, 0.15) is 12.6 Å². The van der Waals surface area contributed by atoms with E-state index in [1.807, 2.05) is 0 Å². The van der Waals surface area contributed by atoms with Crippen LogP contribution >= 0.6 is 7.82 Å². The monoisotopic (exact) mass is 852 g/mol. The second-order valence-electron chi connectivity index (χ2n) is 15.1. The average molecular weight is 852 g/mol. The van der Waals surface area contributed by atoms with Crippen molar-refractivity contribution in [2.75, 3.05) is 19.8 Å². The largest absolute Gasteiger partial charge is 0.480 e. The lowest BCUT2D eigenvalue weighted by atomic mass is 10.1. The van der Waals surface area contributed by atoms with Crippen LogP contribution in [0.15, 0.2) is 60.8 Å². The third-order valence-corrected chi connectivity index (χ3v) is 10.5. The Morgan fingerprint density at radius 1 is 0.542 bits per heavy atom. The molecular formula is C47H82NO10P. The van der Waals surface area contributed by atoms with Gasteiger partial charge in [0.05, 0.1) is 13.2 Å². The van der Waals surface area contributed by atoms with Gasteiger partial charge in [0.15, 0.2) is 6.10 Å². The number of phosphoric acid groups is 1. The number of carboxylic acids is 1. The van der Waals surface area contributed by atoms with E-state index in [-0.39, 0.29) is 19.4 Å². The van der Waals surface area contributed by atoms with Crippen LogP contribution in [0.25, 0.3) is 0 Å². The minimum atomic E-state index is -4.72. The van der Waals surface area contributed by atoms with E-state index < -0.39 is 51.1 Å². The van der Waals surface area contributed by atoms with Gasteiger partial charge in [-0.3, -0.25) is 23.4 Å². The molecule has 0 spiro atoms. The van der Waals surface area contributed by atoms with Crippen LogP contribution in [0.1, 0.15) is 187 Å². The molecule has 0 aromatic rings. The van der Waals surface area contributed by atoms with Gasteiger partial charge in [-0.25, -0.2) is 4.57 Å². The number of hydrogen-bond acceptors (Lipinski definition) is 9. The van der Waals surface area contributed by atoms with Crippen LogP contribution in [0.5, 0.6) is 0 Å². The normalized spacial score (nSPS) is 14.2. The molecule has 3 atom stereocenters. The number of carbonyl (C=O) groups is 3. The summed E-state index contributed by atoms with van der Waals surface area (Å²) in [5, 5.41) is 8.90. The Bertz CT molecular complexity index is 1230. The highest BCUT2D eigenvalue weighted by molar-refractivity contribution is 7.47. The summed E-state index contributed by atoms with van der Waals surface area (Å²) in [6, 6.07) is -1.53. The number of aliphatic carboxylic acids is 1. The number of carbonyl (C=O) groups excluding carboxylic acids is 2. The fourth-order valence-corrected chi connectivity index (χ4v) is 6.71. The van der Waals surface area contributed by atoms with E-state index in [4.69, 9.17) is 24.8 Å². The van der Waals surface area contributed by atoms with Crippen molar-refractivity contribution < 1.29 is 47.5 Å². The molecule has 0 rings (SSSR count). The molecule has 0 saturated heterocycles. The number of unbranched alkanes of at least 4 members (excludes halogenated alkanes) is 18. The molecule has 0 aliphatic carbocycles. The minimum absolute atomic E-state index is 0.148. The second kappa shape index (κ2) is 41.9. The molecule has 0 aliphatic rings. The van der Waals surface area contributed by atoms with E-state index in [1.165, 1.54) is 51.4 Å². The van der Waals surface area contributed by atoms with Crippen molar-refractivity contribution in [2.24, 2.45) is 5.73 Å². The van der Waals surface area contributed by atoms with Gasteiger partial charge in [-0.2, -0.15) is 0 Å². The summed E-state index contributed by atoms with van der Waals surface area (Å²) in [4.78, 5) is 46.0. The van der Waals surface area contributed by atoms with E-state index in [1.54, 1.807) is 0 Å². The fourth-order valence-electron chi connectivity index (χ4n) is 5.93. The molecule has 0 radical (unpaired) electrons. The summed E-state index contributed by atoms with van der Waals surface area (Å²) in [7, 11) is -4.72. The first-order valence-electron chi connectivity index (χ1n) is 22.8. The number of ether oxygens (including phenoxy) is 2. The van der Waals surface area contributed by atoms with E-state index in [0.29, 0.717) is 12.8 Å². The van der Waals surface area contributed by atoms with Gasteiger partial charge < -0.3 is 25.2 Å². The molecule has 3 unspecified atom stereocenters. The van der Waals surface area contributed by atoms with E-state index in [0.717, 1.165) is 96.3 Å². The predicted octanol–water partition coefficient (Wildman–Crippen LogP) is 12.3. The molecular weight excluding hydrogens is 769 g/mol. The Morgan fingerprint density at radius 2 is 0.949 bits per heavy atom. The number of phosphoric ester groups is 1. The van der Waals surface area contributed by atoms with Crippen molar-refractivity contribution in [3.8, 4) is 0 Å². The maximum absolute atomic E-state index is 12.7. The van der Waals surface area contributed by atoms with Crippen molar-refractivity contribution in [3.05, 3.63) is 60.8 Å². The lowest BCUT2D eigenvalue weighted by Gasteiger charge is -2.20. The highest BCUT2D eigenvalue weighted by Crippen LogP contribution is 2.43. The van der Waals surface area contributed by atoms with Gasteiger partial charge in [0.25, 0.3) is 0 Å². The molecule has 0 aliphatic heterocycles. The first kappa shape index (κ1) is 56.2. The Morgan fingerprint density at radius 3 is 1.44 bits per heavy atom. The highest BCUT2D eigenvalue weighted by atomic mass is 31.2. The van der Waals surface area contributed by atoms with Crippen molar-refractivity contribution in [2.45, 2.75) is 199 Å². The van der Waals surface area contributed by atoms with Crippen LogP contribution in [0, 0.1) is 0 Å². The summed E-state index contributed by atoms with van der Waals surface area (Å²) in [6.45, 7) is 2.66. The Labute approximate surface area is 357 Å². The molecule has 59 heavy (non-hydrogen) atoms. The SMILES string of the molecule is CC/C=C\C/C=C\C/C=C\C/C=C\CCCCCCCCCCC(=O)OC(COC(=O)CCCCCCC/C=C\CCCCCCC)COP(=O)(O)OCC(N)C(=O)O. The van der Waals surface area contributed by atoms with Gasteiger partial charge in [-0.1, -0.05) is 158 Å². The fraction of sp³-hybridized carbons (Fsp3) is 0.723. The van der Waals surface area contributed by atoms with Gasteiger partial charge in [-0.15, -0.1) is 0 Å². The molecule has 0 amide bonds. The number of allylic oxidation sites excluding steroid dienone is 10. The molecule has 0 bridgehead atoms. The van der Waals surface area contributed by atoms with Crippen molar-refractivity contribution in [3.63, 3.8) is 0 Å². The first-order valence-corrected chi connectivity index (χ1v) is 24.3. The summed E-state index contributed by atoms with van der Waals surface area (Å²) < 4.78 is 32.7. The van der Waals surface area contributed by atoms with E-state index >= 15 is 0 Å². The third-order valence-electron chi connectivity index (χ3n) is 9.50. The zero-order chi connectivity index (χ0) is 43.5. The molecule has 0 aromatic heterocycles. The number of hydrogen-bond donors (Lipinski definition) is 3. The Hall–Kier alpha value is -2.82. The Kier molecular flexibility index (Phi) is 39.9. The van der Waals surface area contributed by atoms with Gasteiger partial charge in [0, 0.05) is 12.8 Å². The maximum Gasteiger partial charge on any atom is 0.472 e. The predicted molar refractivity (Wildman–Crippen MR) is 240 cm³/mol. The summed E-state index contributed by atoms with van der Waals surface area (Å²) in [5.41, 5.74) is 5.34. The molecule has 11 nitrogen and oxygen atoms in total. The summed E-state index contributed by atoms with van der Waals surface area (Å²) in [6.07, 6.45) is 48.5. The molecule has 0 heterocycles. The molecule has 340 valence electrons. The van der Waals surface area contributed by atoms with E-state index in [9.17, 15) is 23.8 Å². The lowest BCUT2D eigenvalue weighted by Crippen LogP contribution is -2.34. The Balaban J connectivity index is 4.34. The second-order valence-corrected chi connectivity index (χ2v) is 16.6. The molecule has 4 N–H and O–H groups in total. The molecule has 12 heteroatoms. The van der Waals surface area contributed by atoms with Crippen molar-refractivity contribution >= 4 is 25.7 Å². The molecule has 0 aromatic carbocycles. The third kappa shape index (κ3) is 41.7. The van der Waals surface area contributed by atoms with Crippen LogP contribution in [0.4, 0.5) is 0 Å². The average Bonchev–Trinajstić information content (AvgIpc) is 3.21. The van der Waals surface area contributed by atoms with Crippen LogP contribution in [-0.2, 0) is 37.5 Å². The number of nitrogens with two attached hydrogens (primary N) is 1. The van der Waals surface area contributed by atoms with Crippen LogP contribution in [0.2, 0.25) is 0 Å². The van der Waals surface area contributed by atoms with Crippen LogP contribution in [0.3, 0.4) is 0 Å². The lowest BCUT2D eigenvalue weighted by molar-refractivity contribution is -0.161. The van der Waals surface area contributed by atoms with Gasteiger partial charge >= 0.3 is 25.7 Å². The first-order chi connectivity index (χ1) is 28.6. The molecule has 0 saturated carbocycles.